The van der Waals surface area contributed by atoms with Crippen molar-refractivity contribution in [2.75, 3.05) is 5.75 Å². The molecular formula is C25H32F2O5S. The third kappa shape index (κ3) is 2.69. The lowest BCUT2D eigenvalue weighted by atomic mass is 9.44. The molecule has 0 aromatic rings. The van der Waals surface area contributed by atoms with Crippen LogP contribution in [-0.2, 0) is 19.1 Å². The van der Waals surface area contributed by atoms with Gasteiger partial charge in [0.1, 0.15) is 6.17 Å². The number of ether oxygens (including phenoxy) is 2. The van der Waals surface area contributed by atoms with E-state index in [4.69, 9.17) is 9.47 Å². The highest BCUT2D eigenvalue weighted by molar-refractivity contribution is 8.13. The van der Waals surface area contributed by atoms with Crippen LogP contribution in [0.25, 0.3) is 0 Å². The molecule has 5 rings (SSSR count). The van der Waals surface area contributed by atoms with Gasteiger partial charge in [-0.2, -0.15) is 0 Å². The van der Waals surface area contributed by atoms with E-state index in [9.17, 15) is 14.7 Å². The largest absolute Gasteiger partial charge is 0.390 e. The van der Waals surface area contributed by atoms with Crippen molar-refractivity contribution < 1.29 is 33.0 Å². The fourth-order valence-corrected chi connectivity index (χ4v) is 8.77. The molecule has 182 valence electrons. The van der Waals surface area contributed by atoms with Crippen molar-refractivity contribution in [1.82, 2.24) is 0 Å². The third-order valence-corrected chi connectivity index (χ3v) is 10.1. The van der Waals surface area contributed by atoms with E-state index in [1.54, 1.807) is 20.8 Å². The van der Waals surface area contributed by atoms with Crippen LogP contribution in [-0.4, -0.2) is 57.2 Å². The van der Waals surface area contributed by atoms with Crippen molar-refractivity contribution in [1.29, 1.82) is 0 Å². The summed E-state index contributed by atoms with van der Waals surface area (Å²) in [7, 11) is 0. The zero-order chi connectivity index (χ0) is 24.2. The molecule has 4 fully saturated rings. The van der Waals surface area contributed by atoms with Gasteiger partial charge in [0.2, 0.25) is 5.12 Å². The lowest BCUT2D eigenvalue weighted by Crippen LogP contribution is -2.70. The molecule has 8 heteroatoms. The molecule has 0 aromatic heterocycles. The Morgan fingerprint density at radius 3 is 2.61 bits per heavy atom. The molecule has 5 nitrogen and oxygen atoms in total. The summed E-state index contributed by atoms with van der Waals surface area (Å²) >= 11 is 1.15. The second-order valence-electron chi connectivity index (χ2n) is 11.2. The third-order valence-electron chi connectivity index (χ3n) is 9.20. The average Bonchev–Trinajstić information content (AvgIpc) is 3.13. The Kier molecular flexibility index (Phi) is 5.01. The van der Waals surface area contributed by atoms with Crippen LogP contribution in [0.1, 0.15) is 53.9 Å². The van der Waals surface area contributed by atoms with Gasteiger partial charge in [-0.25, -0.2) is 8.78 Å². The van der Waals surface area contributed by atoms with Crippen LogP contribution in [0.15, 0.2) is 23.8 Å². The molecule has 4 aliphatic carbocycles. The molecule has 1 N–H and O–H groups in total. The first-order valence-electron chi connectivity index (χ1n) is 11.8. The minimum atomic E-state index is -2.18. The number of hydrogen-bond donors (Lipinski definition) is 1. The Morgan fingerprint density at radius 1 is 1.24 bits per heavy atom. The lowest BCUT2D eigenvalue weighted by Gasteiger charge is -2.63. The Morgan fingerprint density at radius 2 is 1.94 bits per heavy atom. The summed E-state index contributed by atoms with van der Waals surface area (Å²) in [6.45, 7) is 8.85. The lowest BCUT2D eigenvalue weighted by molar-refractivity contribution is -0.246. The molecule has 9 atom stereocenters. The Labute approximate surface area is 197 Å². The quantitative estimate of drug-likeness (QED) is 0.639. The van der Waals surface area contributed by atoms with Crippen molar-refractivity contribution in [2.24, 2.45) is 22.7 Å². The fourth-order valence-electron chi connectivity index (χ4n) is 7.89. The van der Waals surface area contributed by atoms with Gasteiger partial charge in [-0.1, -0.05) is 31.7 Å². The van der Waals surface area contributed by atoms with Crippen LogP contribution in [0.2, 0.25) is 0 Å². The molecule has 0 aromatic carbocycles. The number of hydrogen-bond acceptors (Lipinski definition) is 6. The summed E-state index contributed by atoms with van der Waals surface area (Å²) in [5, 5.41) is 11.3. The van der Waals surface area contributed by atoms with E-state index in [2.05, 4.69) is 0 Å². The van der Waals surface area contributed by atoms with Crippen molar-refractivity contribution in [3.63, 3.8) is 0 Å². The molecule has 3 saturated carbocycles. The maximum Gasteiger partial charge on any atom is 0.224 e. The summed E-state index contributed by atoms with van der Waals surface area (Å²) in [6, 6.07) is 0. The number of aliphatic hydroxyl groups is 1. The summed E-state index contributed by atoms with van der Waals surface area (Å²) < 4.78 is 45.4. The number of ketones is 1. The summed E-state index contributed by atoms with van der Waals surface area (Å²) in [6.07, 6.45) is 0.474. The van der Waals surface area contributed by atoms with Crippen LogP contribution in [0.3, 0.4) is 0 Å². The first-order chi connectivity index (χ1) is 15.3. The number of alkyl halides is 2. The average molecular weight is 483 g/mol. The molecule has 1 saturated heterocycles. The van der Waals surface area contributed by atoms with Crippen LogP contribution < -0.4 is 0 Å². The van der Waals surface area contributed by atoms with Gasteiger partial charge in [-0.15, -0.1) is 0 Å². The van der Waals surface area contributed by atoms with Crippen LogP contribution in [0.5, 0.6) is 0 Å². The Hall–Kier alpha value is -1.09. The van der Waals surface area contributed by atoms with Gasteiger partial charge in [0.15, 0.2) is 22.8 Å². The maximum atomic E-state index is 17.3. The molecule has 7 unspecified atom stereocenters. The van der Waals surface area contributed by atoms with Gasteiger partial charge in [-0.3, -0.25) is 9.59 Å². The van der Waals surface area contributed by atoms with Gasteiger partial charge < -0.3 is 14.6 Å². The van der Waals surface area contributed by atoms with Crippen LogP contribution in [0, 0.1) is 22.7 Å². The van der Waals surface area contributed by atoms with Crippen LogP contribution in [0.4, 0.5) is 8.78 Å². The minimum Gasteiger partial charge on any atom is -0.390 e. The van der Waals surface area contributed by atoms with E-state index >= 15 is 8.78 Å². The van der Waals surface area contributed by atoms with Crippen molar-refractivity contribution >= 4 is 22.7 Å². The van der Waals surface area contributed by atoms with Gasteiger partial charge in [0.25, 0.3) is 0 Å². The number of carbonyl (C=O) groups is 2. The fraction of sp³-hybridized carbons (Fsp3) is 0.760. The normalized spacial score (nSPS) is 51.9. The standard InChI is InChI=1S/C25H32F2O5S/c1-6-33-20(30)25-19(31-21(2,3)32-25)11-14-15-10-17(26)16-9-13(28)7-8-22(16,4)24(15,27)18(29)12-23(14,25)5/h7-9,14-15,17-19,29H,6,10-12H2,1-5H3/t14?,15?,17-,18?,19?,22?,23?,24-,25?/m0/s1. The highest BCUT2D eigenvalue weighted by Crippen LogP contribution is 2.72. The highest BCUT2D eigenvalue weighted by Gasteiger charge is 2.80. The number of fused-ring (bicyclic) bond motifs is 7. The highest BCUT2D eigenvalue weighted by atomic mass is 32.2. The zero-order valence-electron chi connectivity index (χ0n) is 19.7. The van der Waals surface area contributed by atoms with Crippen molar-refractivity contribution in [3.05, 3.63) is 23.8 Å². The molecule has 33 heavy (non-hydrogen) atoms. The topological polar surface area (TPSA) is 72.8 Å². The number of carbonyl (C=O) groups excluding carboxylic acids is 2. The molecular weight excluding hydrogens is 450 g/mol. The van der Waals surface area contributed by atoms with E-state index in [-0.39, 0.29) is 29.3 Å². The second-order valence-corrected chi connectivity index (χ2v) is 12.4. The smallest absolute Gasteiger partial charge is 0.224 e. The van der Waals surface area contributed by atoms with E-state index in [1.807, 2.05) is 13.8 Å². The molecule has 0 spiro atoms. The van der Waals surface area contributed by atoms with Gasteiger partial charge in [0.05, 0.1) is 12.2 Å². The summed E-state index contributed by atoms with van der Waals surface area (Å²) in [5.74, 6) is -2.12. The SMILES string of the molecule is CCSC(=O)C12OC(C)(C)OC1CC1C3C[C@H](F)C4=CC(=O)C=CC4(C)[C@@]3(F)C(O)CC12C. The second kappa shape index (κ2) is 6.99. The maximum absolute atomic E-state index is 17.3. The Bertz CT molecular complexity index is 980. The van der Waals surface area contributed by atoms with Gasteiger partial charge in [0, 0.05) is 16.7 Å². The molecule has 1 heterocycles. The van der Waals surface area contributed by atoms with Gasteiger partial charge >= 0.3 is 0 Å². The van der Waals surface area contributed by atoms with Gasteiger partial charge in [-0.05, 0) is 69.4 Å². The number of halogens is 2. The molecule has 0 amide bonds. The monoisotopic (exact) mass is 482 g/mol. The first-order valence-corrected chi connectivity index (χ1v) is 12.8. The van der Waals surface area contributed by atoms with E-state index in [0.29, 0.717) is 12.2 Å². The van der Waals surface area contributed by atoms with Crippen molar-refractivity contribution in [2.45, 2.75) is 89.3 Å². The number of rotatable bonds is 2. The first kappa shape index (κ1) is 23.6. The van der Waals surface area contributed by atoms with Crippen molar-refractivity contribution in [3.8, 4) is 0 Å². The predicted octanol–water partition coefficient (Wildman–Crippen LogP) is 4.09. The van der Waals surface area contributed by atoms with Crippen LogP contribution >= 0.6 is 11.8 Å². The van der Waals surface area contributed by atoms with E-state index in [1.165, 1.54) is 18.2 Å². The molecule has 0 bridgehead atoms. The molecule has 5 aliphatic rings. The molecule has 1 aliphatic heterocycles. The predicted molar refractivity (Wildman–Crippen MR) is 120 cm³/mol. The number of thioether (sulfide) groups is 1. The summed E-state index contributed by atoms with van der Waals surface area (Å²) in [4.78, 5) is 25.6. The summed E-state index contributed by atoms with van der Waals surface area (Å²) in [5.41, 5.74) is -5.81. The van der Waals surface area contributed by atoms with E-state index in [0.717, 1.165) is 11.8 Å². The zero-order valence-corrected chi connectivity index (χ0v) is 20.5. The minimum absolute atomic E-state index is 0.0156. The van der Waals surface area contributed by atoms with E-state index < -0.39 is 58.1 Å². The molecule has 0 radical (unpaired) electrons. The number of allylic oxidation sites excluding steroid dienone is 4. The Balaban J connectivity index is 1.65. The number of aliphatic hydroxyl groups excluding tert-OH is 1.